The minimum atomic E-state index is 1.16. The number of rotatable bonds is 6. The van der Waals surface area contributed by atoms with E-state index in [9.17, 15) is 0 Å². The van der Waals surface area contributed by atoms with Crippen LogP contribution in [0.1, 0.15) is 0 Å². The van der Waals surface area contributed by atoms with Crippen molar-refractivity contribution in [3.8, 4) is 59.5 Å². The Bertz CT molecular complexity index is 1660. The van der Waals surface area contributed by atoms with Gasteiger partial charge in [-0.3, -0.25) is 0 Å². The maximum atomic E-state index is 2.39. The predicted molar refractivity (Wildman–Crippen MR) is 167 cm³/mol. The maximum absolute atomic E-state index is 2.39. The van der Waals surface area contributed by atoms with E-state index in [0.29, 0.717) is 0 Å². The summed E-state index contributed by atoms with van der Waals surface area (Å²) in [6.07, 6.45) is 0. The second-order valence-electron chi connectivity index (χ2n) is 9.07. The number of thiophene rings is 3. The lowest BCUT2D eigenvalue weighted by Gasteiger charge is -2.15. The van der Waals surface area contributed by atoms with Crippen molar-refractivity contribution >= 4 is 34.0 Å². The van der Waals surface area contributed by atoms with Gasteiger partial charge in [0.2, 0.25) is 0 Å². The summed E-state index contributed by atoms with van der Waals surface area (Å²) < 4.78 is 2.39. The first kappa shape index (κ1) is 23.2. The van der Waals surface area contributed by atoms with Crippen LogP contribution in [0, 0.1) is 0 Å². The molecule has 7 aromatic rings. The minimum Gasteiger partial charge on any atom is -0.309 e. The minimum absolute atomic E-state index is 1.16. The van der Waals surface area contributed by atoms with Gasteiger partial charge in [0.25, 0.3) is 0 Å². The standard InChI is InChI=1S/C34H23NS3/c1-4-32(36-21-1)26-11-7-24(8-12-26)30-19-20-31(25-9-13-27(14-10-25)33-5-2-22-37-33)35(30)29-17-15-28(16-18-29)34-6-3-23-38-34/h1-23H. The number of hydrogen-bond donors (Lipinski definition) is 0. The molecular formula is C34H23NS3. The molecule has 4 heteroatoms. The van der Waals surface area contributed by atoms with Gasteiger partial charge in [-0.2, -0.15) is 0 Å². The van der Waals surface area contributed by atoms with Crippen molar-refractivity contribution < 1.29 is 0 Å². The second-order valence-corrected chi connectivity index (χ2v) is 11.9. The lowest BCUT2D eigenvalue weighted by molar-refractivity contribution is 1.10. The Kier molecular flexibility index (Phi) is 6.14. The van der Waals surface area contributed by atoms with Crippen LogP contribution < -0.4 is 0 Å². The molecule has 0 aliphatic carbocycles. The van der Waals surface area contributed by atoms with Crippen LogP contribution in [0.25, 0.3) is 59.5 Å². The fourth-order valence-corrected chi connectivity index (χ4v) is 7.08. The lowest BCUT2D eigenvalue weighted by Crippen LogP contribution is -1.99. The van der Waals surface area contributed by atoms with Crippen LogP contribution in [0.2, 0.25) is 0 Å². The van der Waals surface area contributed by atoms with Crippen molar-refractivity contribution in [1.82, 2.24) is 4.57 Å². The quantitative estimate of drug-likeness (QED) is 0.197. The largest absolute Gasteiger partial charge is 0.309 e. The van der Waals surface area contributed by atoms with Gasteiger partial charge in [0.05, 0.1) is 11.4 Å². The summed E-state index contributed by atoms with van der Waals surface area (Å²) >= 11 is 5.33. The highest BCUT2D eigenvalue weighted by Gasteiger charge is 2.15. The average molecular weight is 542 g/mol. The first-order valence-electron chi connectivity index (χ1n) is 12.5. The molecule has 0 aliphatic heterocycles. The normalized spacial score (nSPS) is 11.2. The van der Waals surface area contributed by atoms with E-state index in [2.05, 4.69) is 142 Å². The molecule has 0 atom stereocenters. The van der Waals surface area contributed by atoms with Crippen LogP contribution in [0.3, 0.4) is 0 Å². The Morgan fingerprint density at radius 3 is 1.03 bits per heavy atom. The smallest absolute Gasteiger partial charge is 0.0535 e. The molecule has 0 saturated carbocycles. The molecule has 0 unspecified atom stereocenters. The van der Waals surface area contributed by atoms with E-state index in [1.54, 1.807) is 34.0 Å². The van der Waals surface area contributed by atoms with E-state index in [0.717, 1.165) is 5.69 Å². The molecule has 0 bridgehead atoms. The summed E-state index contributed by atoms with van der Waals surface area (Å²) in [4.78, 5) is 3.88. The molecule has 4 heterocycles. The summed E-state index contributed by atoms with van der Waals surface area (Å²) in [6, 6.07) is 44.2. The molecule has 0 N–H and O–H groups in total. The Morgan fingerprint density at radius 1 is 0.342 bits per heavy atom. The van der Waals surface area contributed by atoms with Crippen molar-refractivity contribution in [2.24, 2.45) is 0 Å². The van der Waals surface area contributed by atoms with E-state index in [4.69, 9.17) is 0 Å². The second kappa shape index (κ2) is 10.1. The number of nitrogens with zero attached hydrogens (tertiary/aromatic N) is 1. The first-order chi connectivity index (χ1) is 18.8. The Balaban J connectivity index is 1.32. The Hall–Kier alpha value is -3.96. The van der Waals surface area contributed by atoms with Crippen molar-refractivity contribution in [2.75, 3.05) is 0 Å². The van der Waals surface area contributed by atoms with Crippen molar-refractivity contribution in [3.05, 3.63) is 137 Å². The van der Waals surface area contributed by atoms with Crippen LogP contribution in [0.5, 0.6) is 0 Å². The van der Waals surface area contributed by atoms with Gasteiger partial charge in [-0.15, -0.1) is 34.0 Å². The topological polar surface area (TPSA) is 4.93 Å². The maximum Gasteiger partial charge on any atom is 0.0535 e. The molecule has 0 spiro atoms. The third-order valence-electron chi connectivity index (χ3n) is 6.78. The third-order valence-corrected chi connectivity index (χ3v) is 9.54. The number of benzene rings is 3. The zero-order valence-corrected chi connectivity index (χ0v) is 22.9. The molecule has 182 valence electrons. The van der Waals surface area contributed by atoms with E-state index >= 15 is 0 Å². The predicted octanol–water partition coefficient (Wildman–Crippen LogP) is 11.0. The Labute approximate surface area is 234 Å². The summed E-state index contributed by atoms with van der Waals surface area (Å²) in [5.74, 6) is 0. The monoisotopic (exact) mass is 541 g/mol. The molecule has 4 aromatic heterocycles. The summed E-state index contributed by atoms with van der Waals surface area (Å²) in [7, 11) is 0. The molecule has 0 radical (unpaired) electrons. The van der Waals surface area contributed by atoms with Gasteiger partial charge in [-0.05, 0) is 86.4 Å². The fourth-order valence-electron chi connectivity index (χ4n) is 4.88. The van der Waals surface area contributed by atoms with Crippen LogP contribution in [0.15, 0.2) is 137 Å². The van der Waals surface area contributed by atoms with Gasteiger partial charge in [0.15, 0.2) is 0 Å². The van der Waals surface area contributed by atoms with Gasteiger partial charge < -0.3 is 4.57 Å². The molecule has 0 amide bonds. The molecule has 38 heavy (non-hydrogen) atoms. The molecular weight excluding hydrogens is 519 g/mol. The number of hydrogen-bond acceptors (Lipinski definition) is 3. The zero-order valence-electron chi connectivity index (χ0n) is 20.5. The Morgan fingerprint density at radius 2 is 0.684 bits per heavy atom. The van der Waals surface area contributed by atoms with Crippen LogP contribution in [-0.2, 0) is 0 Å². The molecule has 1 nitrogen and oxygen atoms in total. The highest BCUT2D eigenvalue weighted by atomic mass is 32.1. The van der Waals surface area contributed by atoms with Crippen LogP contribution in [0.4, 0.5) is 0 Å². The van der Waals surface area contributed by atoms with Crippen molar-refractivity contribution in [1.29, 1.82) is 0 Å². The summed E-state index contributed by atoms with van der Waals surface area (Å²) in [6.45, 7) is 0. The summed E-state index contributed by atoms with van der Waals surface area (Å²) in [5, 5.41) is 6.39. The van der Waals surface area contributed by atoms with Gasteiger partial charge in [-0.1, -0.05) is 78.9 Å². The molecule has 7 rings (SSSR count). The van der Waals surface area contributed by atoms with Gasteiger partial charge in [0.1, 0.15) is 0 Å². The van der Waals surface area contributed by atoms with Gasteiger partial charge in [0, 0.05) is 20.3 Å². The SMILES string of the molecule is c1csc(-c2ccc(-c3ccc(-c4ccc(-c5cccs5)cc4)n3-c3ccc(-c4cccs4)cc3)cc2)c1. The average Bonchev–Trinajstić information content (AvgIpc) is 3.80. The molecule has 3 aromatic carbocycles. The van der Waals surface area contributed by atoms with Gasteiger partial charge in [-0.25, -0.2) is 0 Å². The van der Waals surface area contributed by atoms with E-state index < -0.39 is 0 Å². The highest BCUT2D eigenvalue weighted by Crippen LogP contribution is 2.36. The van der Waals surface area contributed by atoms with Crippen molar-refractivity contribution in [2.45, 2.75) is 0 Å². The van der Waals surface area contributed by atoms with E-state index in [1.165, 1.54) is 53.8 Å². The fraction of sp³-hybridized carbons (Fsp3) is 0. The summed E-state index contributed by atoms with van der Waals surface area (Å²) in [5.41, 5.74) is 9.69. The van der Waals surface area contributed by atoms with Crippen molar-refractivity contribution in [3.63, 3.8) is 0 Å². The zero-order chi connectivity index (χ0) is 25.3. The molecule has 0 aliphatic rings. The highest BCUT2D eigenvalue weighted by molar-refractivity contribution is 7.14. The third kappa shape index (κ3) is 4.37. The lowest BCUT2D eigenvalue weighted by atomic mass is 10.1. The van der Waals surface area contributed by atoms with Gasteiger partial charge >= 0.3 is 0 Å². The van der Waals surface area contributed by atoms with Crippen LogP contribution in [-0.4, -0.2) is 4.57 Å². The first-order valence-corrected chi connectivity index (χ1v) is 15.1. The van der Waals surface area contributed by atoms with E-state index in [-0.39, 0.29) is 0 Å². The van der Waals surface area contributed by atoms with E-state index in [1.807, 2.05) is 0 Å². The molecule has 0 saturated heterocycles. The van der Waals surface area contributed by atoms with Crippen LogP contribution >= 0.6 is 34.0 Å². The molecule has 0 fully saturated rings. The number of aromatic nitrogens is 1.